The molecule has 0 aromatic rings. The third kappa shape index (κ3) is 9.99. The van der Waals surface area contributed by atoms with Crippen LogP contribution >= 0.6 is 0 Å². The van der Waals surface area contributed by atoms with Gasteiger partial charge in [-0.2, -0.15) is 0 Å². The van der Waals surface area contributed by atoms with Gasteiger partial charge in [-0.1, -0.05) is 45.2 Å². The fourth-order valence-electron chi connectivity index (χ4n) is 2.02. The smallest absolute Gasteiger partial charge is 0.159 e. The molecule has 0 aliphatic carbocycles. The van der Waals surface area contributed by atoms with Gasteiger partial charge >= 0.3 is 0 Å². The van der Waals surface area contributed by atoms with E-state index in [0.717, 1.165) is 43.6 Å². The van der Waals surface area contributed by atoms with Crippen LogP contribution in [0.1, 0.15) is 33.1 Å². The molecule has 0 aromatic carbocycles. The largest absolute Gasteiger partial charge is 0.327 e. The van der Waals surface area contributed by atoms with Gasteiger partial charge in [-0.25, -0.2) is 0 Å². The van der Waals surface area contributed by atoms with Crippen LogP contribution in [0.15, 0.2) is 48.6 Å². The minimum Gasteiger partial charge on any atom is -0.327 e. The topological polar surface area (TPSA) is 46.3 Å². The Bertz CT molecular complexity index is 388. The lowest BCUT2D eigenvalue weighted by Gasteiger charge is -2.18. The summed E-state index contributed by atoms with van der Waals surface area (Å²) >= 11 is 0. The van der Waals surface area contributed by atoms with Crippen LogP contribution in [-0.2, 0) is 4.79 Å². The molecule has 2 N–H and O–H groups in total. The zero-order valence-electron chi connectivity index (χ0n) is 13.6. The molecule has 0 radical (unpaired) electrons. The number of ketones is 1. The highest BCUT2D eigenvalue weighted by Gasteiger charge is 2.02. The normalized spacial score (nSPS) is 12.1. The zero-order chi connectivity index (χ0) is 16.1. The third-order valence-corrected chi connectivity index (χ3v) is 3.04. The number of carbonyl (C=O) groups is 1. The Morgan fingerprint density at radius 1 is 1.24 bits per heavy atom. The minimum atomic E-state index is 0.0823. The lowest BCUT2D eigenvalue weighted by atomic mass is 10.1. The Labute approximate surface area is 129 Å². The van der Waals surface area contributed by atoms with E-state index in [0.29, 0.717) is 13.0 Å². The lowest BCUT2D eigenvalue weighted by molar-refractivity contribution is -0.113. The Balaban J connectivity index is 4.39. The molecular weight excluding hydrogens is 260 g/mol. The molecule has 0 spiro atoms. The highest BCUT2D eigenvalue weighted by Crippen LogP contribution is 2.07. The molecule has 3 nitrogen and oxygen atoms in total. The van der Waals surface area contributed by atoms with Crippen molar-refractivity contribution in [2.45, 2.75) is 33.1 Å². The third-order valence-electron chi connectivity index (χ3n) is 3.04. The van der Waals surface area contributed by atoms with Crippen LogP contribution in [0.4, 0.5) is 0 Å². The highest BCUT2D eigenvalue weighted by atomic mass is 16.1. The average molecular weight is 290 g/mol. The van der Waals surface area contributed by atoms with Crippen molar-refractivity contribution in [3.63, 3.8) is 0 Å². The van der Waals surface area contributed by atoms with Crippen LogP contribution in [0.2, 0.25) is 0 Å². The summed E-state index contributed by atoms with van der Waals surface area (Å²) in [5.74, 6) is 0.0823. The lowest BCUT2D eigenvalue weighted by Crippen LogP contribution is -2.25. The van der Waals surface area contributed by atoms with Crippen molar-refractivity contribution in [3.8, 4) is 0 Å². The van der Waals surface area contributed by atoms with Crippen LogP contribution in [-0.4, -0.2) is 36.9 Å². The van der Waals surface area contributed by atoms with E-state index in [4.69, 9.17) is 5.73 Å². The van der Waals surface area contributed by atoms with Crippen LogP contribution < -0.4 is 5.73 Å². The van der Waals surface area contributed by atoms with E-state index in [1.165, 1.54) is 0 Å². The van der Waals surface area contributed by atoms with Gasteiger partial charge in [0.15, 0.2) is 5.78 Å². The maximum absolute atomic E-state index is 11.9. The fraction of sp³-hybridized carbons (Fsp3) is 0.500. The van der Waals surface area contributed by atoms with E-state index < -0.39 is 0 Å². The van der Waals surface area contributed by atoms with Crippen LogP contribution in [0, 0.1) is 0 Å². The monoisotopic (exact) mass is 290 g/mol. The van der Waals surface area contributed by atoms with Crippen molar-refractivity contribution in [2.24, 2.45) is 5.73 Å². The van der Waals surface area contributed by atoms with Gasteiger partial charge in [0.25, 0.3) is 0 Å². The number of rotatable bonds is 12. The Morgan fingerprint density at radius 2 is 1.86 bits per heavy atom. The second kappa shape index (κ2) is 12.3. The molecule has 0 bridgehead atoms. The van der Waals surface area contributed by atoms with E-state index in [2.05, 4.69) is 31.9 Å². The summed E-state index contributed by atoms with van der Waals surface area (Å²) in [7, 11) is 0. The molecule has 118 valence electrons. The first kappa shape index (κ1) is 19.6. The van der Waals surface area contributed by atoms with Gasteiger partial charge in [-0.05, 0) is 43.2 Å². The average Bonchev–Trinajstić information content (AvgIpc) is 2.46. The molecule has 3 heteroatoms. The van der Waals surface area contributed by atoms with Crippen molar-refractivity contribution in [2.75, 3.05) is 26.2 Å². The molecule has 0 amide bonds. The van der Waals surface area contributed by atoms with E-state index >= 15 is 0 Å². The van der Waals surface area contributed by atoms with Gasteiger partial charge < -0.3 is 5.73 Å². The van der Waals surface area contributed by atoms with Gasteiger partial charge in [0.05, 0.1) is 0 Å². The molecular formula is C18H30N2O. The zero-order valence-corrected chi connectivity index (χ0v) is 13.6. The van der Waals surface area contributed by atoms with Crippen molar-refractivity contribution in [1.82, 2.24) is 4.90 Å². The van der Waals surface area contributed by atoms with Gasteiger partial charge in [0, 0.05) is 19.5 Å². The summed E-state index contributed by atoms with van der Waals surface area (Å²) in [5, 5.41) is 0. The first-order valence-electron chi connectivity index (χ1n) is 7.69. The van der Waals surface area contributed by atoms with E-state index in [1.54, 1.807) is 12.2 Å². The van der Waals surface area contributed by atoms with E-state index in [1.807, 2.05) is 12.2 Å². The molecule has 0 unspecified atom stereocenters. The summed E-state index contributed by atoms with van der Waals surface area (Å²) < 4.78 is 0. The number of hydrogen-bond donors (Lipinski definition) is 1. The summed E-state index contributed by atoms with van der Waals surface area (Å²) in [6.07, 6.45) is 9.75. The van der Waals surface area contributed by atoms with Crippen LogP contribution in [0.5, 0.6) is 0 Å². The molecule has 21 heavy (non-hydrogen) atoms. The van der Waals surface area contributed by atoms with Gasteiger partial charge in [0.2, 0.25) is 0 Å². The standard InChI is InChI=1S/C18H30N2O/c1-5-10-20(11-6-2)12-8-9-18(21)14-17(7-3)13-16(4)15-19/h7-9,13H,3-6,10-12,14-15,19H2,1-2H3/b9-8+,17-13+. The number of nitrogens with zero attached hydrogens (tertiary/aromatic N) is 1. The number of allylic oxidation sites excluding steroid dienone is 3. The molecule has 0 fully saturated rings. The van der Waals surface area contributed by atoms with E-state index in [9.17, 15) is 4.79 Å². The Hall–Kier alpha value is -1.45. The molecule has 0 heterocycles. The minimum absolute atomic E-state index is 0.0823. The predicted octanol–water partition coefficient (Wildman–Crippen LogP) is 3.25. The summed E-state index contributed by atoms with van der Waals surface area (Å²) in [6, 6.07) is 0. The van der Waals surface area contributed by atoms with Crippen LogP contribution in [0.3, 0.4) is 0 Å². The Morgan fingerprint density at radius 3 is 2.33 bits per heavy atom. The summed E-state index contributed by atoms with van der Waals surface area (Å²) in [6.45, 7) is 15.2. The maximum atomic E-state index is 11.9. The maximum Gasteiger partial charge on any atom is 0.159 e. The molecule has 0 aliphatic rings. The Kier molecular flexibility index (Phi) is 11.5. The first-order chi connectivity index (χ1) is 10.1. The molecule has 0 aromatic heterocycles. The summed E-state index contributed by atoms with van der Waals surface area (Å²) in [4.78, 5) is 14.3. The quantitative estimate of drug-likeness (QED) is 0.443. The van der Waals surface area contributed by atoms with Crippen molar-refractivity contribution in [1.29, 1.82) is 0 Å². The number of nitrogens with two attached hydrogens (primary N) is 1. The summed E-state index contributed by atoms with van der Waals surface area (Å²) in [5.41, 5.74) is 7.16. The molecule has 0 rings (SSSR count). The van der Waals surface area contributed by atoms with Crippen molar-refractivity contribution in [3.05, 3.63) is 48.6 Å². The van der Waals surface area contributed by atoms with Crippen molar-refractivity contribution < 1.29 is 4.79 Å². The molecule has 0 atom stereocenters. The number of carbonyl (C=O) groups excluding carboxylic acids is 1. The predicted molar refractivity (Wildman–Crippen MR) is 92.3 cm³/mol. The highest BCUT2D eigenvalue weighted by molar-refractivity contribution is 5.91. The first-order valence-corrected chi connectivity index (χ1v) is 7.69. The SMILES string of the molecule is C=C/C(=C\C(=C)CN)CC(=O)/C=C/CN(CCC)CCC. The van der Waals surface area contributed by atoms with Gasteiger partial charge in [-0.15, -0.1) is 0 Å². The van der Waals surface area contributed by atoms with Crippen LogP contribution in [0.25, 0.3) is 0 Å². The second-order valence-corrected chi connectivity index (χ2v) is 5.13. The van der Waals surface area contributed by atoms with Crippen molar-refractivity contribution >= 4 is 5.78 Å². The molecule has 0 aliphatic heterocycles. The van der Waals surface area contributed by atoms with E-state index in [-0.39, 0.29) is 5.78 Å². The van der Waals surface area contributed by atoms with Gasteiger partial charge in [0.1, 0.15) is 0 Å². The number of hydrogen-bond acceptors (Lipinski definition) is 3. The molecule has 0 saturated carbocycles. The second-order valence-electron chi connectivity index (χ2n) is 5.13. The molecule has 0 saturated heterocycles. The fourth-order valence-corrected chi connectivity index (χ4v) is 2.02. The van der Waals surface area contributed by atoms with Gasteiger partial charge in [-0.3, -0.25) is 9.69 Å².